The number of aryl methyl sites for hydroxylation is 1. The van der Waals surface area contributed by atoms with Gasteiger partial charge >= 0.3 is 0 Å². The smallest absolute Gasteiger partial charge is 0.270 e. The molecule has 5 nitrogen and oxygen atoms in total. The SMILES string of the molecule is Cc1cccc(C(=O)N[C@]23CCC[C@@](NC(=O)c4ccccn4)(CC2)C3)c1. The van der Waals surface area contributed by atoms with Gasteiger partial charge in [-0.25, -0.2) is 0 Å². The van der Waals surface area contributed by atoms with Crippen molar-refractivity contribution in [1.29, 1.82) is 0 Å². The molecule has 0 saturated heterocycles. The van der Waals surface area contributed by atoms with E-state index < -0.39 is 0 Å². The fraction of sp³-hybridized carbons (Fsp3) is 0.409. The maximum absolute atomic E-state index is 12.8. The van der Waals surface area contributed by atoms with Gasteiger partial charge in [-0.1, -0.05) is 23.8 Å². The van der Waals surface area contributed by atoms with Gasteiger partial charge in [0.05, 0.1) is 0 Å². The van der Waals surface area contributed by atoms with E-state index in [0.717, 1.165) is 44.1 Å². The van der Waals surface area contributed by atoms with E-state index in [1.54, 1.807) is 18.3 Å². The van der Waals surface area contributed by atoms with E-state index in [1.165, 1.54) is 0 Å². The average molecular weight is 363 g/mol. The van der Waals surface area contributed by atoms with Crippen LogP contribution in [0.3, 0.4) is 0 Å². The zero-order valence-corrected chi connectivity index (χ0v) is 15.6. The number of carbonyl (C=O) groups is 2. The molecule has 2 aliphatic carbocycles. The topological polar surface area (TPSA) is 71.1 Å². The second kappa shape index (κ2) is 6.80. The van der Waals surface area contributed by atoms with Crippen LogP contribution in [0.4, 0.5) is 0 Å². The molecule has 1 aromatic carbocycles. The van der Waals surface area contributed by atoms with Crippen molar-refractivity contribution in [2.45, 2.75) is 56.5 Å². The highest BCUT2D eigenvalue weighted by Gasteiger charge is 2.52. The van der Waals surface area contributed by atoms with Gasteiger partial charge < -0.3 is 10.6 Å². The molecule has 2 amide bonds. The Morgan fingerprint density at radius 2 is 1.67 bits per heavy atom. The Morgan fingerprint density at radius 1 is 0.926 bits per heavy atom. The minimum atomic E-state index is -0.243. The molecule has 2 aromatic rings. The molecule has 2 fully saturated rings. The number of carbonyl (C=O) groups excluding carboxylic acids is 2. The summed E-state index contributed by atoms with van der Waals surface area (Å²) in [5, 5.41) is 6.53. The number of nitrogens with one attached hydrogen (secondary N) is 2. The van der Waals surface area contributed by atoms with Crippen LogP contribution in [0.2, 0.25) is 0 Å². The minimum Gasteiger partial charge on any atom is -0.347 e. The number of aromatic nitrogens is 1. The van der Waals surface area contributed by atoms with Crippen molar-refractivity contribution in [3.63, 3.8) is 0 Å². The average Bonchev–Trinajstić information content (AvgIpc) is 2.92. The summed E-state index contributed by atoms with van der Waals surface area (Å²) in [6.45, 7) is 1.99. The summed E-state index contributed by atoms with van der Waals surface area (Å²) < 4.78 is 0. The van der Waals surface area contributed by atoms with Gasteiger partial charge in [-0.2, -0.15) is 0 Å². The molecular formula is C22H25N3O2. The molecule has 2 N–H and O–H groups in total. The van der Waals surface area contributed by atoms with Crippen molar-refractivity contribution in [2.75, 3.05) is 0 Å². The molecule has 4 rings (SSSR count). The Bertz CT molecular complexity index is 867. The Balaban J connectivity index is 1.48. The largest absolute Gasteiger partial charge is 0.347 e. The number of rotatable bonds is 4. The molecule has 0 radical (unpaired) electrons. The first kappa shape index (κ1) is 17.7. The van der Waals surface area contributed by atoms with Crippen LogP contribution in [0.15, 0.2) is 48.7 Å². The fourth-order valence-electron chi connectivity index (χ4n) is 4.73. The van der Waals surface area contributed by atoms with E-state index in [0.29, 0.717) is 11.3 Å². The minimum absolute atomic E-state index is 0.0209. The van der Waals surface area contributed by atoms with Gasteiger partial charge in [-0.05, 0) is 69.7 Å². The summed E-state index contributed by atoms with van der Waals surface area (Å²) >= 11 is 0. The highest BCUT2D eigenvalue weighted by molar-refractivity contribution is 5.95. The maximum atomic E-state index is 12.8. The molecule has 2 atom stereocenters. The number of pyridine rings is 1. The van der Waals surface area contributed by atoms with Gasteiger partial charge in [-0.15, -0.1) is 0 Å². The highest BCUT2D eigenvalue weighted by atomic mass is 16.2. The van der Waals surface area contributed by atoms with Gasteiger partial charge in [0.25, 0.3) is 11.8 Å². The van der Waals surface area contributed by atoms with Gasteiger partial charge in [-0.3, -0.25) is 14.6 Å². The third-order valence-corrected chi connectivity index (χ3v) is 6.00. The van der Waals surface area contributed by atoms with Crippen LogP contribution in [0.1, 0.15) is 64.9 Å². The first-order chi connectivity index (χ1) is 13.0. The monoisotopic (exact) mass is 363 g/mol. The van der Waals surface area contributed by atoms with Gasteiger partial charge in [0.1, 0.15) is 5.69 Å². The quantitative estimate of drug-likeness (QED) is 0.875. The molecule has 0 aliphatic heterocycles. The van der Waals surface area contributed by atoms with Crippen LogP contribution in [0.25, 0.3) is 0 Å². The molecule has 27 heavy (non-hydrogen) atoms. The second-order valence-electron chi connectivity index (χ2n) is 8.08. The summed E-state index contributed by atoms with van der Waals surface area (Å²) in [7, 11) is 0. The summed E-state index contributed by atoms with van der Waals surface area (Å²) in [6.07, 6.45) is 7.12. The molecule has 2 saturated carbocycles. The molecule has 0 unspecified atom stereocenters. The molecule has 5 heteroatoms. The van der Waals surface area contributed by atoms with E-state index >= 15 is 0 Å². The fourth-order valence-corrected chi connectivity index (χ4v) is 4.73. The summed E-state index contributed by atoms with van der Waals surface area (Å²) in [6, 6.07) is 13.0. The lowest BCUT2D eigenvalue weighted by molar-refractivity contribution is 0.0829. The molecule has 2 bridgehead atoms. The lowest BCUT2D eigenvalue weighted by Crippen LogP contribution is -2.55. The van der Waals surface area contributed by atoms with E-state index in [2.05, 4.69) is 15.6 Å². The van der Waals surface area contributed by atoms with Gasteiger partial charge in [0.15, 0.2) is 0 Å². The zero-order chi connectivity index (χ0) is 18.9. The lowest BCUT2D eigenvalue weighted by atomic mass is 9.78. The number of benzene rings is 1. The Labute approximate surface area is 159 Å². The van der Waals surface area contributed by atoms with E-state index in [4.69, 9.17) is 0 Å². The predicted octanol–water partition coefficient (Wildman–Crippen LogP) is 3.40. The van der Waals surface area contributed by atoms with Crippen molar-refractivity contribution in [1.82, 2.24) is 15.6 Å². The van der Waals surface area contributed by atoms with Crippen molar-refractivity contribution in [3.05, 3.63) is 65.5 Å². The Hall–Kier alpha value is -2.69. The van der Waals surface area contributed by atoms with E-state index in [1.807, 2.05) is 37.3 Å². The second-order valence-corrected chi connectivity index (χ2v) is 8.08. The summed E-state index contributed by atoms with van der Waals surface area (Å²) in [4.78, 5) is 29.6. The molecule has 1 heterocycles. The van der Waals surface area contributed by atoms with Gasteiger partial charge in [0.2, 0.25) is 0 Å². The maximum Gasteiger partial charge on any atom is 0.270 e. The standard InChI is InChI=1S/C22H25N3O2/c1-16-6-4-7-17(14-16)19(26)24-21-9-5-10-22(15-21,12-11-21)25-20(27)18-8-2-3-13-23-18/h2-4,6-8,13-14H,5,9-12,15H2,1H3,(H,24,26)(H,25,27)/t21-,22-/m1/s1. The first-order valence-electron chi connectivity index (χ1n) is 9.62. The van der Waals surface area contributed by atoms with Crippen LogP contribution in [0, 0.1) is 6.92 Å². The van der Waals surface area contributed by atoms with Crippen molar-refractivity contribution in [3.8, 4) is 0 Å². The Morgan fingerprint density at radius 3 is 2.33 bits per heavy atom. The van der Waals surface area contributed by atoms with E-state index in [-0.39, 0.29) is 22.9 Å². The van der Waals surface area contributed by atoms with Crippen LogP contribution in [-0.2, 0) is 0 Å². The number of amides is 2. The van der Waals surface area contributed by atoms with Crippen LogP contribution < -0.4 is 10.6 Å². The number of fused-ring (bicyclic) bond motifs is 2. The molecule has 1 aromatic heterocycles. The molecular weight excluding hydrogens is 338 g/mol. The zero-order valence-electron chi connectivity index (χ0n) is 15.6. The predicted molar refractivity (Wildman–Crippen MR) is 104 cm³/mol. The number of hydrogen-bond acceptors (Lipinski definition) is 3. The molecule has 140 valence electrons. The van der Waals surface area contributed by atoms with Crippen LogP contribution in [-0.4, -0.2) is 27.9 Å². The van der Waals surface area contributed by atoms with Crippen molar-refractivity contribution < 1.29 is 9.59 Å². The molecule has 0 spiro atoms. The van der Waals surface area contributed by atoms with Crippen molar-refractivity contribution >= 4 is 11.8 Å². The number of nitrogens with zero attached hydrogens (tertiary/aromatic N) is 1. The van der Waals surface area contributed by atoms with Gasteiger partial charge in [0, 0.05) is 22.8 Å². The summed E-state index contributed by atoms with van der Waals surface area (Å²) in [5.41, 5.74) is 1.75. The molecule has 2 aliphatic rings. The number of hydrogen-bond donors (Lipinski definition) is 2. The normalized spacial score (nSPS) is 26.4. The first-order valence-corrected chi connectivity index (χ1v) is 9.62. The highest BCUT2D eigenvalue weighted by Crippen LogP contribution is 2.48. The Kier molecular flexibility index (Phi) is 4.46. The van der Waals surface area contributed by atoms with Crippen LogP contribution in [0.5, 0.6) is 0 Å². The van der Waals surface area contributed by atoms with Crippen molar-refractivity contribution in [2.24, 2.45) is 0 Å². The summed E-state index contributed by atoms with van der Waals surface area (Å²) in [5.74, 6) is -0.147. The van der Waals surface area contributed by atoms with E-state index in [9.17, 15) is 9.59 Å². The third kappa shape index (κ3) is 3.59. The lowest BCUT2D eigenvalue weighted by Gasteiger charge is -2.40. The van der Waals surface area contributed by atoms with Crippen LogP contribution >= 0.6 is 0 Å². The third-order valence-electron chi connectivity index (χ3n) is 6.00.